The van der Waals surface area contributed by atoms with Gasteiger partial charge in [-0.05, 0) is 49.8 Å². The molecule has 0 aliphatic carbocycles. The van der Waals surface area contributed by atoms with Gasteiger partial charge in [0, 0.05) is 44.1 Å². The van der Waals surface area contributed by atoms with Gasteiger partial charge in [-0.3, -0.25) is 4.79 Å². The zero-order valence-corrected chi connectivity index (χ0v) is 20.0. The number of carbonyl (C=O) groups is 2. The van der Waals surface area contributed by atoms with Gasteiger partial charge < -0.3 is 24.6 Å². The second kappa shape index (κ2) is 11.2. The summed E-state index contributed by atoms with van der Waals surface area (Å²) in [5.41, 5.74) is 3.11. The fraction of sp³-hybridized carbons (Fsp3) is 0.520. The standard InChI is InChI=1S/C25H33N5O4/c1-3-34-23(31)16-21(19-9-11-22(33-2)27-17-19)30-15-14-29(25(30)32)13-5-7-20-10-8-18-6-4-12-26-24(18)28-20/h8-11,17,21H,3-7,12-16H2,1-2H3,(H,26,28). The van der Waals surface area contributed by atoms with Gasteiger partial charge in [0.25, 0.3) is 0 Å². The van der Waals surface area contributed by atoms with E-state index in [4.69, 9.17) is 14.5 Å². The average molecular weight is 468 g/mol. The molecule has 2 amide bonds. The molecule has 9 heteroatoms. The monoisotopic (exact) mass is 467 g/mol. The molecule has 1 unspecified atom stereocenters. The van der Waals surface area contributed by atoms with E-state index in [9.17, 15) is 9.59 Å². The van der Waals surface area contributed by atoms with E-state index >= 15 is 0 Å². The third-order valence-electron chi connectivity index (χ3n) is 6.33. The Hall–Kier alpha value is -3.36. The number of amides is 2. The van der Waals surface area contributed by atoms with Crippen molar-refractivity contribution in [3.05, 3.63) is 47.3 Å². The minimum absolute atomic E-state index is 0.0646. The van der Waals surface area contributed by atoms with Crippen LogP contribution >= 0.6 is 0 Å². The quantitative estimate of drug-likeness (QED) is 0.536. The van der Waals surface area contributed by atoms with Crippen molar-refractivity contribution in [1.29, 1.82) is 0 Å². The Kier molecular flexibility index (Phi) is 7.82. The number of aryl methyl sites for hydroxylation is 2. The molecule has 1 fully saturated rings. The first-order valence-corrected chi connectivity index (χ1v) is 12.0. The summed E-state index contributed by atoms with van der Waals surface area (Å²) < 4.78 is 10.3. The molecule has 1 atom stereocenters. The molecule has 2 aromatic heterocycles. The van der Waals surface area contributed by atoms with Gasteiger partial charge in [-0.15, -0.1) is 0 Å². The average Bonchev–Trinajstić information content (AvgIpc) is 3.22. The van der Waals surface area contributed by atoms with Crippen LogP contribution in [0.4, 0.5) is 10.6 Å². The lowest BCUT2D eigenvalue weighted by Gasteiger charge is -2.27. The van der Waals surface area contributed by atoms with Crippen LogP contribution < -0.4 is 10.1 Å². The van der Waals surface area contributed by atoms with Crippen LogP contribution in [0.3, 0.4) is 0 Å². The number of hydrogen-bond donors (Lipinski definition) is 1. The third-order valence-corrected chi connectivity index (χ3v) is 6.33. The highest BCUT2D eigenvalue weighted by Crippen LogP contribution is 2.29. The van der Waals surface area contributed by atoms with Crippen LogP contribution in [0.5, 0.6) is 5.88 Å². The number of rotatable bonds is 10. The summed E-state index contributed by atoms with van der Waals surface area (Å²) in [6.45, 7) is 4.88. The van der Waals surface area contributed by atoms with Gasteiger partial charge in [-0.1, -0.05) is 12.1 Å². The SMILES string of the molecule is CCOC(=O)CC(c1ccc(OC)nc1)N1CCN(CCCc2ccc3c(n2)NCCC3)C1=O. The van der Waals surface area contributed by atoms with Crippen molar-refractivity contribution in [2.45, 2.75) is 45.1 Å². The molecule has 2 aliphatic rings. The van der Waals surface area contributed by atoms with Crippen LogP contribution in [0.1, 0.15) is 49.0 Å². The summed E-state index contributed by atoms with van der Waals surface area (Å²) in [4.78, 5) is 38.2. The molecular formula is C25H33N5O4. The summed E-state index contributed by atoms with van der Waals surface area (Å²) in [5, 5.41) is 3.37. The van der Waals surface area contributed by atoms with E-state index in [2.05, 4.69) is 22.4 Å². The molecule has 2 aliphatic heterocycles. The highest BCUT2D eigenvalue weighted by Gasteiger charge is 2.35. The van der Waals surface area contributed by atoms with E-state index in [-0.39, 0.29) is 18.4 Å². The van der Waals surface area contributed by atoms with E-state index in [1.165, 1.54) is 5.56 Å². The smallest absolute Gasteiger partial charge is 0.320 e. The first kappa shape index (κ1) is 23.8. The van der Waals surface area contributed by atoms with Crippen LogP contribution in [0.15, 0.2) is 30.5 Å². The van der Waals surface area contributed by atoms with Crippen molar-refractivity contribution in [3.8, 4) is 5.88 Å². The fourth-order valence-corrected chi connectivity index (χ4v) is 4.55. The highest BCUT2D eigenvalue weighted by molar-refractivity contribution is 5.78. The molecule has 4 heterocycles. The van der Waals surface area contributed by atoms with Gasteiger partial charge in [0.1, 0.15) is 5.82 Å². The lowest BCUT2D eigenvalue weighted by Crippen LogP contribution is -2.36. The number of nitrogens with one attached hydrogen (secondary N) is 1. The Morgan fingerprint density at radius 2 is 2.12 bits per heavy atom. The largest absolute Gasteiger partial charge is 0.481 e. The molecule has 0 bridgehead atoms. The molecule has 1 N–H and O–H groups in total. The van der Waals surface area contributed by atoms with E-state index in [1.54, 1.807) is 31.2 Å². The summed E-state index contributed by atoms with van der Waals surface area (Å²) in [5.74, 6) is 1.16. The first-order chi connectivity index (χ1) is 16.6. The predicted molar refractivity (Wildman–Crippen MR) is 128 cm³/mol. The number of fused-ring (bicyclic) bond motifs is 1. The molecular weight excluding hydrogens is 434 g/mol. The molecule has 0 radical (unpaired) electrons. The fourth-order valence-electron chi connectivity index (χ4n) is 4.55. The summed E-state index contributed by atoms with van der Waals surface area (Å²) >= 11 is 0. The zero-order valence-electron chi connectivity index (χ0n) is 20.0. The molecule has 9 nitrogen and oxygen atoms in total. The topological polar surface area (TPSA) is 96.9 Å². The molecule has 4 rings (SSSR count). The minimum Gasteiger partial charge on any atom is -0.481 e. The maximum Gasteiger partial charge on any atom is 0.320 e. The Labute approximate surface area is 200 Å². The van der Waals surface area contributed by atoms with E-state index in [1.807, 2.05) is 11.0 Å². The number of ether oxygens (including phenoxy) is 2. The van der Waals surface area contributed by atoms with Gasteiger partial charge in [0.15, 0.2) is 0 Å². The maximum absolute atomic E-state index is 13.2. The number of urea groups is 1. The number of anilines is 1. The second-order valence-electron chi connectivity index (χ2n) is 8.57. The molecule has 0 spiro atoms. The Bertz CT molecular complexity index is 997. The zero-order chi connectivity index (χ0) is 23.9. The summed E-state index contributed by atoms with van der Waals surface area (Å²) in [6, 6.07) is 7.35. The summed E-state index contributed by atoms with van der Waals surface area (Å²) in [6.07, 6.45) is 5.61. The van der Waals surface area contributed by atoms with Crippen LogP contribution in [0.2, 0.25) is 0 Å². The number of nitrogens with zero attached hydrogens (tertiary/aromatic N) is 4. The van der Waals surface area contributed by atoms with Crippen LogP contribution in [-0.2, 0) is 22.4 Å². The predicted octanol–water partition coefficient (Wildman–Crippen LogP) is 3.21. The lowest BCUT2D eigenvalue weighted by atomic mass is 10.0. The van der Waals surface area contributed by atoms with E-state index in [0.717, 1.165) is 49.3 Å². The number of methoxy groups -OCH3 is 1. The normalized spacial score (nSPS) is 16.1. The maximum atomic E-state index is 13.2. The molecule has 1 saturated heterocycles. The highest BCUT2D eigenvalue weighted by atomic mass is 16.5. The lowest BCUT2D eigenvalue weighted by molar-refractivity contribution is -0.144. The Morgan fingerprint density at radius 3 is 2.88 bits per heavy atom. The molecule has 0 aromatic carbocycles. The van der Waals surface area contributed by atoms with Crippen LogP contribution in [0.25, 0.3) is 0 Å². The van der Waals surface area contributed by atoms with Crippen molar-refractivity contribution < 1.29 is 19.1 Å². The van der Waals surface area contributed by atoms with Crippen molar-refractivity contribution in [2.24, 2.45) is 0 Å². The van der Waals surface area contributed by atoms with Crippen LogP contribution in [0, 0.1) is 0 Å². The van der Waals surface area contributed by atoms with Crippen molar-refractivity contribution in [3.63, 3.8) is 0 Å². The summed E-state index contributed by atoms with van der Waals surface area (Å²) in [7, 11) is 1.55. The molecule has 182 valence electrons. The third kappa shape index (κ3) is 5.58. The van der Waals surface area contributed by atoms with Crippen molar-refractivity contribution in [1.82, 2.24) is 19.8 Å². The molecule has 0 saturated carbocycles. The van der Waals surface area contributed by atoms with Gasteiger partial charge in [-0.25, -0.2) is 14.8 Å². The number of esters is 1. The van der Waals surface area contributed by atoms with Gasteiger partial charge in [0.05, 0.1) is 26.2 Å². The van der Waals surface area contributed by atoms with Gasteiger partial charge in [0.2, 0.25) is 5.88 Å². The Balaban J connectivity index is 1.38. The van der Waals surface area contributed by atoms with Gasteiger partial charge in [-0.2, -0.15) is 0 Å². The van der Waals surface area contributed by atoms with Gasteiger partial charge >= 0.3 is 12.0 Å². The number of hydrogen-bond acceptors (Lipinski definition) is 7. The van der Waals surface area contributed by atoms with E-state index in [0.29, 0.717) is 32.1 Å². The van der Waals surface area contributed by atoms with Crippen molar-refractivity contribution >= 4 is 17.8 Å². The Morgan fingerprint density at radius 1 is 1.24 bits per heavy atom. The van der Waals surface area contributed by atoms with E-state index < -0.39 is 6.04 Å². The number of aromatic nitrogens is 2. The molecule has 2 aromatic rings. The number of carbonyl (C=O) groups excluding carboxylic acids is 2. The first-order valence-electron chi connectivity index (χ1n) is 12.0. The molecule has 34 heavy (non-hydrogen) atoms. The van der Waals surface area contributed by atoms with Crippen LogP contribution in [-0.4, -0.2) is 71.7 Å². The minimum atomic E-state index is -0.427. The van der Waals surface area contributed by atoms with Crippen molar-refractivity contribution in [2.75, 3.05) is 45.2 Å². The second-order valence-corrected chi connectivity index (χ2v) is 8.57. The number of pyridine rings is 2.